The van der Waals surface area contributed by atoms with Gasteiger partial charge in [-0.25, -0.2) is 9.97 Å². The number of rotatable bonds is 5. The molecule has 3 heterocycles. The summed E-state index contributed by atoms with van der Waals surface area (Å²) < 4.78 is 11.1. The fraction of sp³-hybridized carbons (Fsp3) is 0.706. The second-order valence-electron chi connectivity index (χ2n) is 6.74. The van der Waals surface area contributed by atoms with Gasteiger partial charge in [0, 0.05) is 39.3 Å². The van der Waals surface area contributed by atoms with E-state index in [0.717, 1.165) is 19.6 Å². The standard InChI is InChI=1S/C17H26ClN5O3/c1-12-10-22(11-13(2)26-12)4-3-19-16(24)15-14(18)9-20-17(21-15)23-5-7-25-8-6-23/h9,12-13H,3-8,10-11H2,1-2H3,(H,19,24)/t12-,13-/m1/s1. The number of ether oxygens (including phenoxy) is 2. The van der Waals surface area contributed by atoms with Crippen LogP contribution in [0.1, 0.15) is 24.3 Å². The van der Waals surface area contributed by atoms with Gasteiger partial charge in [0.2, 0.25) is 5.95 Å². The Kier molecular flexibility index (Phi) is 6.63. The monoisotopic (exact) mass is 383 g/mol. The summed E-state index contributed by atoms with van der Waals surface area (Å²) in [5.41, 5.74) is 0.215. The lowest BCUT2D eigenvalue weighted by atomic mass is 10.2. The Hall–Kier alpha value is -1.48. The fourth-order valence-corrected chi connectivity index (χ4v) is 3.49. The second kappa shape index (κ2) is 8.94. The zero-order valence-corrected chi connectivity index (χ0v) is 16.0. The lowest BCUT2D eigenvalue weighted by Gasteiger charge is -2.35. The molecule has 1 amide bonds. The molecule has 3 rings (SSSR count). The molecule has 2 fully saturated rings. The normalized spacial score (nSPS) is 24.5. The highest BCUT2D eigenvalue weighted by molar-refractivity contribution is 6.33. The number of carbonyl (C=O) groups excluding carboxylic acids is 1. The third-order valence-electron chi connectivity index (χ3n) is 4.45. The Morgan fingerprint density at radius 1 is 1.31 bits per heavy atom. The van der Waals surface area contributed by atoms with Gasteiger partial charge in [-0.3, -0.25) is 9.69 Å². The Morgan fingerprint density at radius 2 is 2.00 bits per heavy atom. The number of nitrogens with one attached hydrogen (secondary N) is 1. The van der Waals surface area contributed by atoms with Gasteiger partial charge in [-0.15, -0.1) is 0 Å². The SMILES string of the molecule is C[C@@H]1CN(CCNC(=O)c2nc(N3CCOCC3)ncc2Cl)C[C@@H](C)O1. The van der Waals surface area contributed by atoms with Crippen LogP contribution in [-0.4, -0.2) is 85.5 Å². The molecule has 0 aliphatic carbocycles. The number of hydrogen-bond donors (Lipinski definition) is 1. The number of anilines is 1. The molecule has 0 bridgehead atoms. The number of nitrogens with zero attached hydrogens (tertiary/aromatic N) is 4. The van der Waals surface area contributed by atoms with Crippen LogP contribution >= 0.6 is 11.6 Å². The lowest BCUT2D eigenvalue weighted by Crippen LogP contribution is -2.48. The van der Waals surface area contributed by atoms with Crippen LogP contribution in [0.2, 0.25) is 5.02 Å². The van der Waals surface area contributed by atoms with E-state index >= 15 is 0 Å². The predicted molar refractivity (Wildman–Crippen MR) is 98.9 cm³/mol. The van der Waals surface area contributed by atoms with Crippen molar-refractivity contribution in [3.05, 3.63) is 16.9 Å². The van der Waals surface area contributed by atoms with Crippen LogP contribution in [0.5, 0.6) is 0 Å². The maximum absolute atomic E-state index is 12.5. The van der Waals surface area contributed by atoms with E-state index in [2.05, 4.69) is 34.0 Å². The first-order valence-corrected chi connectivity index (χ1v) is 9.42. The summed E-state index contributed by atoms with van der Waals surface area (Å²) in [7, 11) is 0. The van der Waals surface area contributed by atoms with Crippen LogP contribution < -0.4 is 10.2 Å². The first-order valence-electron chi connectivity index (χ1n) is 9.04. The third kappa shape index (κ3) is 5.03. The van der Waals surface area contributed by atoms with Gasteiger partial charge >= 0.3 is 0 Å². The molecule has 1 aromatic rings. The van der Waals surface area contributed by atoms with Crippen molar-refractivity contribution in [3.8, 4) is 0 Å². The van der Waals surface area contributed by atoms with E-state index in [1.165, 1.54) is 6.20 Å². The highest BCUT2D eigenvalue weighted by Crippen LogP contribution is 2.17. The molecule has 0 radical (unpaired) electrons. The number of hydrogen-bond acceptors (Lipinski definition) is 7. The summed E-state index contributed by atoms with van der Waals surface area (Å²) in [6.45, 7) is 9.84. The number of halogens is 1. The topological polar surface area (TPSA) is 79.8 Å². The Bertz CT molecular complexity index is 616. The minimum Gasteiger partial charge on any atom is -0.378 e. The zero-order chi connectivity index (χ0) is 18.5. The van der Waals surface area contributed by atoms with Gasteiger partial charge in [0.05, 0.1) is 36.6 Å². The Morgan fingerprint density at radius 3 is 2.69 bits per heavy atom. The van der Waals surface area contributed by atoms with E-state index in [9.17, 15) is 4.79 Å². The summed E-state index contributed by atoms with van der Waals surface area (Å²) in [5, 5.41) is 3.17. The van der Waals surface area contributed by atoms with Gasteiger partial charge in [0.1, 0.15) is 0 Å². The molecule has 2 aliphatic rings. The average molecular weight is 384 g/mol. The molecule has 0 spiro atoms. The largest absolute Gasteiger partial charge is 0.378 e. The van der Waals surface area contributed by atoms with Crippen LogP contribution in [0.3, 0.4) is 0 Å². The Balaban J connectivity index is 1.55. The molecular formula is C17H26ClN5O3. The van der Waals surface area contributed by atoms with Crippen molar-refractivity contribution in [1.82, 2.24) is 20.2 Å². The molecule has 8 nitrogen and oxygen atoms in total. The number of morpholine rings is 2. The number of amides is 1. The van der Waals surface area contributed by atoms with Crippen molar-refractivity contribution in [1.29, 1.82) is 0 Å². The van der Waals surface area contributed by atoms with Gasteiger partial charge in [-0.05, 0) is 13.8 Å². The van der Waals surface area contributed by atoms with Gasteiger partial charge in [-0.1, -0.05) is 11.6 Å². The van der Waals surface area contributed by atoms with E-state index in [1.807, 2.05) is 4.90 Å². The minimum absolute atomic E-state index is 0.210. The maximum Gasteiger partial charge on any atom is 0.271 e. The molecule has 2 atom stereocenters. The molecule has 0 saturated carbocycles. The molecule has 1 aromatic heterocycles. The summed E-state index contributed by atoms with van der Waals surface area (Å²) in [6, 6.07) is 0. The van der Waals surface area contributed by atoms with Crippen LogP contribution in [-0.2, 0) is 9.47 Å². The van der Waals surface area contributed by atoms with Crippen molar-refractivity contribution in [2.24, 2.45) is 0 Å². The van der Waals surface area contributed by atoms with Crippen LogP contribution in [0.25, 0.3) is 0 Å². The maximum atomic E-state index is 12.5. The molecule has 9 heteroatoms. The summed E-state index contributed by atoms with van der Waals surface area (Å²) >= 11 is 6.14. The lowest BCUT2D eigenvalue weighted by molar-refractivity contribution is -0.0672. The van der Waals surface area contributed by atoms with E-state index < -0.39 is 0 Å². The first-order chi connectivity index (χ1) is 12.5. The highest BCUT2D eigenvalue weighted by Gasteiger charge is 2.22. The smallest absolute Gasteiger partial charge is 0.271 e. The van der Waals surface area contributed by atoms with E-state index in [4.69, 9.17) is 21.1 Å². The average Bonchev–Trinajstić information content (AvgIpc) is 2.62. The third-order valence-corrected chi connectivity index (χ3v) is 4.73. The van der Waals surface area contributed by atoms with Crippen molar-refractivity contribution >= 4 is 23.5 Å². The van der Waals surface area contributed by atoms with Crippen molar-refractivity contribution in [2.75, 3.05) is 57.4 Å². The fourth-order valence-electron chi connectivity index (χ4n) is 3.31. The van der Waals surface area contributed by atoms with Crippen LogP contribution in [0.15, 0.2) is 6.20 Å². The van der Waals surface area contributed by atoms with E-state index in [0.29, 0.717) is 38.8 Å². The number of carbonyl (C=O) groups is 1. The van der Waals surface area contributed by atoms with Gasteiger partial charge < -0.3 is 19.7 Å². The molecule has 0 unspecified atom stereocenters. The second-order valence-corrected chi connectivity index (χ2v) is 7.15. The van der Waals surface area contributed by atoms with Gasteiger partial charge in [-0.2, -0.15) is 0 Å². The summed E-state index contributed by atoms with van der Waals surface area (Å²) in [6.07, 6.45) is 1.91. The van der Waals surface area contributed by atoms with Gasteiger partial charge in [0.25, 0.3) is 5.91 Å². The molecule has 2 aliphatic heterocycles. The predicted octanol–water partition coefficient (Wildman–Crippen LogP) is 0.806. The van der Waals surface area contributed by atoms with Crippen LogP contribution in [0.4, 0.5) is 5.95 Å². The zero-order valence-electron chi connectivity index (χ0n) is 15.3. The van der Waals surface area contributed by atoms with Crippen molar-refractivity contribution in [2.45, 2.75) is 26.1 Å². The summed E-state index contributed by atoms with van der Waals surface area (Å²) in [4.78, 5) is 25.4. The van der Waals surface area contributed by atoms with E-state index in [-0.39, 0.29) is 28.8 Å². The van der Waals surface area contributed by atoms with Crippen molar-refractivity contribution < 1.29 is 14.3 Å². The summed E-state index contributed by atoms with van der Waals surface area (Å²) in [5.74, 6) is 0.236. The molecule has 0 aromatic carbocycles. The number of aromatic nitrogens is 2. The Labute approximate surface area is 158 Å². The molecule has 144 valence electrons. The molecule has 1 N–H and O–H groups in total. The first kappa shape index (κ1) is 19.3. The van der Waals surface area contributed by atoms with Crippen molar-refractivity contribution in [3.63, 3.8) is 0 Å². The van der Waals surface area contributed by atoms with E-state index in [1.54, 1.807) is 0 Å². The quantitative estimate of drug-likeness (QED) is 0.805. The van der Waals surface area contributed by atoms with Gasteiger partial charge in [0.15, 0.2) is 5.69 Å². The highest BCUT2D eigenvalue weighted by atomic mass is 35.5. The molecule has 2 saturated heterocycles. The molecular weight excluding hydrogens is 358 g/mol. The van der Waals surface area contributed by atoms with Crippen LogP contribution in [0, 0.1) is 0 Å². The molecule has 26 heavy (non-hydrogen) atoms. The minimum atomic E-state index is -0.277.